The zero-order valence-electron chi connectivity index (χ0n) is 12.7. The van der Waals surface area contributed by atoms with Crippen LogP contribution >= 0.6 is 0 Å². The van der Waals surface area contributed by atoms with Crippen LogP contribution in [0.4, 0.5) is 11.4 Å². The van der Waals surface area contributed by atoms with E-state index >= 15 is 0 Å². The number of hydrogen-bond acceptors (Lipinski definition) is 4. The standard InChI is InChI=1S/C15H23N3O3/c1-4-10(2)14(16)15(20)18-12-7-5-11(6-8-12)17-13(19)9-21-3/h5-8,10,14H,4,9,16H2,1-3H3,(H,17,19)(H,18,20)/t10?,14-/m0/s1. The molecule has 0 aliphatic heterocycles. The molecule has 0 heterocycles. The van der Waals surface area contributed by atoms with Crippen LogP contribution in [0.1, 0.15) is 20.3 Å². The summed E-state index contributed by atoms with van der Waals surface area (Å²) < 4.78 is 4.73. The molecule has 116 valence electrons. The minimum absolute atomic E-state index is 0.00223. The van der Waals surface area contributed by atoms with Gasteiger partial charge in [0.2, 0.25) is 11.8 Å². The Morgan fingerprint density at radius 3 is 2.19 bits per heavy atom. The molecule has 6 nitrogen and oxygen atoms in total. The minimum Gasteiger partial charge on any atom is -0.375 e. The van der Waals surface area contributed by atoms with E-state index in [2.05, 4.69) is 10.6 Å². The Balaban J connectivity index is 2.58. The third-order valence-electron chi connectivity index (χ3n) is 3.27. The van der Waals surface area contributed by atoms with Gasteiger partial charge in [-0.1, -0.05) is 20.3 Å². The quantitative estimate of drug-likeness (QED) is 0.711. The first-order valence-electron chi connectivity index (χ1n) is 6.93. The summed E-state index contributed by atoms with van der Waals surface area (Å²) in [5.41, 5.74) is 7.15. The molecular weight excluding hydrogens is 270 g/mol. The first-order valence-corrected chi connectivity index (χ1v) is 6.93. The Hall–Kier alpha value is -1.92. The average molecular weight is 293 g/mol. The van der Waals surface area contributed by atoms with E-state index < -0.39 is 6.04 Å². The largest absolute Gasteiger partial charge is 0.375 e. The number of rotatable bonds is 7. The first kappa shape index (κ1) is 17.1. The Labute approximate surface area is 125 Å². The van der Waals surface area contributed by atoms with Crippen molar-refractivity contribution in [3.05, 3.63) is 24.3 Å². The lowest BCUT2D eigenvalue weighted by molar-refractivity contribution is -0.120. The molecular formula is C15H23N3O3. The monoisotopic (exact) mass is 293 g/mol. The second-order valence-electron chi connectivity index (χ2n) is 4.96. The van der Waals surface area contributed by atoms with Gasteiger partial charge in [0.15, 0.2) is 0 Å². The van der Waals surface area contributed by atoms with E-state index in [1.807, 2.05) is 13.8 Å². The molecule has 21 heavy (non-hydrogen) atoms. The number of carbonyl (C=O) groups is 2. The Bertz CT molecular complexity index is 474. The molecule has 0 saturated carbocycles. The molecule has 0 aliphatic carbocycles. The third kappa shape index (κ3) is 5.53. The van der Waals surface area contributed by atoms with Gasteiger partial charge in [0.25, 0.3) is 0 Å². The molecule has 1 aromatic rings. The third-order valence-corrected chi connectivity index (χ3v) is 3.27. The molecule has 2 atom stereocenters. The van der Waals surface area contributed by atoms with Crippen molar-refractivity contribution in [2.75, 3.05) is 24.4 Å². The second-order valence-corrected chi connectivity index (χ2v) is 4.96. The Kier molecular flexibility index (Phi) is 6.84. The normalized spacial score (nSPS) is 13.3. The van der Waals surface area contributed by atoms with Gasteiger partial charge in [0, 0.05) is 18.5 Å². The second kappa shape index (κ2) is 8.39. The van der Waals surface area contributed by atoms with Crippen molar-refractivity contribution >= 4 is 23.2 Å². The predicted molar refractivity (Wildman–Crippen MR) is 83.0 cm³/mol. The number of carbonyl (C=O) groups excluding carboxylic acids is 2. The topological polar surface area (TPSA) is 93.5 Å². The van der Waals surface area contributed by atoms with E-state index in [4.69, 9.17) is 10.5 Å². The Morgan fingerprint density at radius 2 is 1.71 bits per heavy atom. The van der Waals surface area contributed by atoms with Gasteiger partial charge in [-0.15, -0.1) is 0 Å². The highest BCUT2D eigenvalue weighted by atomic mass is 16.5. The summed E-state index contributed by atoms with van der Waals surface area (Å²) in [4.78, 5) is 23.3. The minimum atomic E-state index is -0.531. The average Bonchev–Trinajstić information content (AvgIpc) is 2.47. The van der Waals surface area contributed by atoms with E-state index in [1.165, 1.54) is 7.11 Å². The molecule has 0 spiro atoms. The van der Waals surface area contributed by atoms with E-state index in [0.29, 0.717) is 11.4 Å². The van der Waals surface area contributed by atoms with Gasteiger partial charge in [0.05, 0.1) is 6.04 Å². The van der Waals surface area contributed by atoms with Crippen LogP contribution in [0.5, 0.6) is 0 Å². The van der Waals surface area contributed by atoms with Crippen molar-refractivity contribution in [2.45, 2.75) is 26.3 Å². The molecule has 0 aliphatic rings. The molecule has 6 heteroatoms. The zero-order valence-corrected chi connectivity index (χ0v) is 12.7. The van der Waals surface area contributed by atoms with Gasteiger partial charge in [-0.25, -0.2) is 0 Å². The predicted octanol–water partition coefficient (Wildman–Crippen LogP) is 1.58. The maximum atomic E-state index is 11.9. The van der Waals surface area contributed by atoms with E-state index in [9.17, 15) is 9.59 Å². The molecule has 1 rings (SSSR count). The SMILES string of the molecule is CCC(C)[C@H](N)C(=O)Nc1ccc(NC(=O)COC)cc1. The van der Waals surface area contributed by atoms with Gasteiger partial charge in [-0.05, 0) is 30.2 Å². The van der Waals surface area contributed by atoms with Crippen LogP contribution in [-0.4, -0.2) is 31.6 Å². The molecule has 1 aromatic carbocycles. The molecule has 2 amide bonds. The first-order chi connectivity index (χ1) is 9.97. The van der Waals surface area contributed by atoms with Crippen LogP contribution in [-0.2, 0) is 14.3 Å². The summed E-state index contributed by atoms with van der Waals surface area (Å²) in [6.07, 6.45) is 0.846. The van der Waals surface area contributed by atoms with Crippen LogP contribution in [0, 0.1) is 5.92 Å². The summed E-state index contributed by atoms with van der Waals surface area (Å²) in [7, 11) is 1.46. The number of methoxy groups -OCH3 is 1. The van der Waals surface area contributed by atoms with Gasteiger partial charge < -0.3 is 21.1 Å². The van der Waals surface area contributed by atoms with Gasteiger partial charge in [-0.2, -0.15) is 0 Å². The lowest BCUT2D eigenvalue weighted by atomic mass is 9.99. The van der Waals surface area contributed by atoms with Crippen molar-refractivity contribution in [3.63, 3.8) is 0 Å². The van der Waals surface area contributed by atoms with Crippen molar-refractivity contribution < 1.29 is 14.3 Å². The summed E-state index contributed by atoms with van der Waals surface area (Å²) in [5.74, 6) is -0.314. The fourth-order valence-electron chi connectivity index (χ4n) is 1.70. The van der Waals surface area contributed by atoms with Crippen molar-refractivity contribution in [1.82, 2.24) is 0 Å². The fourth-order valence-corrected chi connectivity index (χ4v) is 1.70. The number of hydrogen-bond donors (Lipinski definition) is 3. The lowest BCUT2D eigenvalue weighted by Crippen LogP contribution is -2.40. The molecule has 0 radical (unpaired) electrons. The van der Waals surface area contributed by atoms with Crippen molar-refractivity contribution in [1.29, 1.82) is 0 Å². The highest BCUT2D eigenvalue weighted by molar-refractivity contribution is 5.95. The van der Waals surface area contributed by atoms with Crippen LogP contribution in [0.3, 0.4) is 0 Å². The summed E-state index contributed by atoms with van der Waals surface area (Å²) >= 11 is 0. The number of nitrogens with two attached hydrogens (primary N) is 1. The van der Waals surface area contributed by atoms with Crippen molar-refractivity contribution in [3.8, 4) is 0 Å². The number of anilines is 2. The fraction of sp³-hybridized carbons (Fsp3) is 0.467. The maximum absolute atomic E-state index is 11.9. The van der Waals surface area contributed by atoms with Gasteiger partial charge in [0.1, 0.15) is 6.61 Å². The number of nitrogens with one attached hydrogen (secondary N) is 2. The Morgan fingerprint density at radius 1 is 1.19 bits per heavy atom. The molecule has 4 N–H and O–H groups in total. The number of benzene rings is 1. The van der Waals surface area contributed by atoms with E-state index in [0.717, 1.165) is 6.42 Å². The molecule has 1 unspecified atom stereocenters. The molecule has 0 saturated heterocycles. The van der Waals surface area contributed by atoms with Crippen LogP contribution in [0.2, 0.25) is 0 Å². The zero-order chi connectivity index (χ0) is 15.8. The van der Waals surface area contributed by atoms with E-state index in [-0.39, 0.29) is 24.3 Å². The highest BCUT2D eigenvalue weighted by Crippen LogP contribution is 2.15. The van der Waals surface area contributed by atoms with Crippen LogP contribution < -0.4 is 16.4 Å². The lowest BCUT2D eigenvalue weighted by Gasteiger charge is -2.17. The van der Waals surface area contributed by atoms with Gasteiger partial charge >= 0.3 is 0 Å². The number of ether oxygens (including phenoxy) is 1. The highest BCUT2D eigenvalue weighted by Gasteiger charge is 2.19. The summed E-state index contributed by atoms with van der Waals surface area (Å²) in [5, 5.41) is 5.43. The van der Waals surface area contributed by atoms with Gasteiger partial charge in [-0.3, -0.25) is 9.59 Å². The van der Waals surface area contributed by atoms with Crippen molar-refractivity contribution in [2.24, 2.45) is 11.7 Å². The van der Waals surface area contributed by atoms with Crippen LogP contribution in [0.25, 0.3) is 0 Å². The smallest absolute Gasteiger partial charge is 0.250 e. The molecule has 0 bridgehead atoms. The molecule has 0 fully saturated rings. The maximum Gasteiger partial charge on any atom is 0.250 e. The number of amides is 2. The summed E-state index contributed by atoms with van der Waals surface area (Å²) in [6.45, 7) is 3.94. The van der Waals surface area contributed by atoms with Crippen LogP contribution in [0.15, 0.2) is 24.3 Å². The summed E-state index contributed by atoms with van der Waals surface area (Å²) in [6, 6.07) is 6.31. The van der Waals surface area contributed by atoms with E-state index in [1.54, 1.807) is 24.3 Å². The molecule has 0 aromatic heterocycles.